The van der Waals surface area contributed by atoms with Gasteiger partial charge in [-0.15, -0.1) is 0 Å². The number of para-hydroxylation sites is 1. The largest absolute Gasteiger partial charge is 0.357 e. The molecule has 0 spiro atoms. The van der Waals surface area contributed by atoms with Gasteiger partial charge in [0.25, 0.3) is 10.0 Å². The molecule has 1 N–H and O–H groups in total. The molecular formula is C32H32FN3O4S. The van der Waals surface area contributed by atoms with Crippen LogP contribution in [0.15, 0.2) is 114 Å². The van der Waals surface area contributed by atoms with Crippen LogP contribution in [0.2, 0.25) is 0 Å². The van der Waals surface area contributed by atoms with Crippen LogP contribution in [0.1, 0.15) is 16.7 Å². The lowest BCUT2D eigenvalue weighted by atomic mass is 10.0. The Kier molecular flexibility index (Phi) is 9.52. The molecule has 4 rings (SSSR count). The summed E-state index contributed by atoms with van der Waals surface area (Å²) in [7, 11) is -2.72. The molecule has 0 aliphatic heterocycles. The normalized spacial score (nSPS) is 11.9. The molecule has 0 aliphatic rings. The number of likely N-dealkylation sites (N-methyl/N-ethyl adjacent to an activating group) is 1. The van der Waals surface area contributed by atoms with Gasteiger partial charge in [-0.2, -0.15) is 0 Å². The van der Waals surface area contributed by atoms with Gasteiger partial charge in [-0.1, -0.05) is 84.4 Å². The molecule has 0 bridgehead atoms. The fraction of sp³-hybridized carbons (Fsp3) is 0.188. The van der Waals surface area contributed by atoms with Gasteiger partial charge in [0, 0.05) is 25.6 Å². The number of amides is 2. The van der Waals surface area contributed by atoms with E-state index in [4.69, 9.17) is 0 Å². The van der Waals surface area contributed by atoms with Gasteiger partial charge in [0.1, 0.15) is 18.4 Å². The molecule has 1 unspecified atom stereocenters. The van der Waals surface area contributed by atoms with Gasteiger partial charge >= 0.3 is 0 Å². The van der Waals surface area contributed by atoms with Crippen LogP contribution < -0.4 is 9.62 Å². The van der Waals surface area contributed by atoms with Crippen molar-refractivity contribution in [1.29, 1.82) is 0 Å². The summed E-state index contributed by atoms with van der Waals surface area (Å²) >= 11 is 0. The molecule has 0 radical (unpaired) electrons. The molecule has 41 heavy (non-hydrogen) atoms. The third kappa shape index (κ3) is 7.18. The van der Waals surface area contributed by atoms with Crippen LogP contribution >= 0.6 is 0 Å². The maximum atomic E-state index is 14.8. The Bertz CT molecular complexity index is 1580. The van der Waals surface area contributed by atoms with Crippen molar-refractivity contribution in [1.82, 2.24) is 10.2 Å². The quantitative estimate of drug-likeness (QED) is 0.282. The standard InChI is InChI=1S/C32H32FN3O4S/c1-24-17-19-28(20-18-24)41(39,40)36(27-14-7-4-8-15-27)23-31(37)35(22-26-13-9-10-16-29(26)33)30(32(38)34-2)21-25-11-5-3-6-12-25/h3-20,30H,21-23H2,1-2H3,(H,34,38). The van der Waals surface area contributed by atoms with Crippen LogP contribution in [0, 0.1) is 12.7 Å². The van der Waals surface area contributed by atoms with Gasteiger partial charge in [0.15, 0.2) is 0 Å². The average molecular weight is 574 g/mol. The molecule has 1 atom stereocenters. The maximum Gasteiger partial charge on any atom is 0.264 e. The van der Waals surface area contributed by atoms with E-state index in [-0.39, 0.29) is 29.1 Å². The number of halogens is 1. The molecular weight excluding hydrogens is 541 g/mol. The van der Waals surface area contributed by atoms with E-state index in [0.29, 0.717) is 0 Å². The van der Waals surface area contributed by atoms with Crippen molar-refractivity contribution < 1.29 is 22.4 Å². The summed E-state index contributed by atoms with van der Waals surface area (Å²) < 4.78 is 43.6. The molecule has 0 aromatic heterocycles. The van der Waals surface area contributed by atoms with Crippen LogP contribution in [0.5, 0.6) is 0 Å². The Hall–Kier alpha value is -4.50. The molecule has 212 valence electrons. The number of sulfonamides is 1. The predicted molar refractivity (Wildman–Crippen MR) is 157 cm³/mol. The monoisotopic (exact) mass is 573 g/mol. The minimum absolute atomic E-state index is 0.0209. The lowest BCUT2D eigenvalue weighted by molar-refractivity contribution is -0.139. The summed E-state index contributed by atoms with van der Waals surface area (Å²) in [6.07, 6.45) is 0.150. The molecule has 9 heteroatoms. The van der Waals surface area contributed by atoms with Crippen molar-refractivity contribution in [2.75, 3.05) is 17.9 Å². The Morgan fingerprint density at radius 2 is 1.41 bits per heavy atom. The smallest absolute Gasteiger partial charge is 0.264 e. The molecule has 0 saturated heterocycles. The first-order valence-corrected chi connectivity index (χ1v) is 14.6. The molecule has 7 nitrogen and oxygen atoms in total. The van der Waals surface area contributed by atoms with Crippen molar-refractivity contribution >= 4 is 27.5 Å². The summed E-state index contributed by atoms with van der Waals surface area (Å²) in [6, 6.07) is 28.8. The summed E-state index contributed by atoms with van der Waals surface area (Å²) in [5, 5.41) is 2.61. The van der Waals surface area contributed by atoms with E-state index in [1.54, 1.807) is 48.5 Å². The number of hydrogen-bond donors (Lipinski definition) is 1. The summed E-state index contributed by atoms with van der Waals surface area (Å²) in [5.41, 5.74) is 2.17. The second kappa shape index (κ2) is 13.2. The molecule has 0 heterocycles. The first-order valence-electron chi connectivity index (χ1n) is 13.1. The highest BCUT2D eigenvalue weighted by molar-refractivity contribution is 7.92. The third-order valence-electron chi connectivity index (χ3n) is 6.75. The van der Waals surface area contributed by atoms with Gasteiger partial charge in [-0.3, -0.25) is 13.9 Å². The summed E-state index contributed by atoms with van der Waals surface area (Å²) in [4.78, 5) is 28.6. The Labute approximate surface area is 240 Å². The molecule has 0 fully saturated rings. The van der Waals surface area contributed by atoms with Crippen molar-refractivity contribution in [2.24, 2.45) is 0 Å². The zero-order valence-electron chi connectivity index (χ0n) is 22.9. The summed E-state index contributed by atoms with van der Waals surface area (Å²) in [5.74, 6) is -1.64. The summed E-state index contributed by atoms with van der Waals surface area (Å²) in [6.45, 7) is 1.02. The molecule has 4 aromatic rings. The minimum Gasteiger partial charge on any atom is -0.357 e. The van der Waals surface area contributed by atoms with E-state index in [2.05, 4.69) is 5.32 Å². The number of aryl methyl sites for hydroxylation is 1. The number of hydrogen-bond acceptors (Lipinski definition) is 4. The van der Waals surface area contributed by atoms with Gasteiger partial charge in [-0.05, 0) is 42.8 Å². The van der Waals surface area contributed by atoms with Crippen LogP contribution in [-0.4, -0.2) is 44.8 Å². The fourth-order valence-corrected chi connectivity index (χ4v) is 5.91. The van der Waals surface area contributed by atoms with Crippen molar-refractivity contribution in [3.63, 3.8) is 0 Å². The second-order valence-corrected chi connectivity index (χ2v) is 11.5. The fourth-order valence-electron chi connectivity index (χ4n) is 4.49. The van der Waals surface area contributed by atoms with Crippen LogP contribution in [-0.2, 0) is 32.6 Å². The highest BCUT2D eigenvalue weighted by Crippen LogP contribution is 2.25. The van der Waals surface area contributed by atoms with Gasteiger partial charge in [0.2, 0.25) is 11.8 Å². The van der Waals surface area contributed by atoms with Crippen molar-refractivity contribution in [3.05, 3.63) is 132 Å². The maximum absolute atomic E-state index is 14.8. The van der Waals surface area contributed by atoms with E-state index >= 15 is 0 Å². The molecule has 4 aromatic carbocycles. The molecule has 0 saturated carbocycles. The van der Waals surface area contributed by atoms with Gasteiger partial charge < -0.3 is 10.2 Å². The number of nitrogens with zero attached hydrogens (tertiary/aromatic N) is 2. The number of benzene rings is 4. The highest BCUT2D eigenvalue weighted by atomic mass is 32.2. The number of carbonyl (C=O) groups is 2. The minimum atomic E-state index is -4.18. The van der Waals surface area contributed by atoms with E-state index < -0.39 is 40.2 Å². The number of carbonyl (C=O) groups excluding carboxylic acids is 2. The van der Waals surface area contributed by atoms with E-state index in [1.807, 2.05) is 37.3 Å². The first-order chi connectivity index (χ1) is 19.7. The second-order valence-electron chi connectivity index (χ2n) is 9.59. The van der Waals surface area contributed by atoms with Crippen LogP contribution in [0.4, 0.5) is 10.1 Å². The number of nitrogens with one attached hydrogen (secondary N) is 1. The Morgan fingerprint density at radius 1 is 0.829 bits per heavy atom. The lowest BCUT2D eigenvalue weighted by Crippen LogP contribution is -2.53. The van der Waals surface area contributed by atoms with Gasteiger partial charge in [0.05, 0.1) is 10.6 Å². The van der Waals surface area contributed by atoms with E-state index in [9.17, 15) is 22.4 Å². The Balaban J connectivity index is 1.78. The van der Waals surface area contributed by atoms with Crippen LogP contribution in [0.25, 0.3) is 0 Å². The lowest BCUT2D eigenvalue weighted by Gasteiger charge is -2.33. The zero-order chi connectivity index (χ0) is 29.4. The number of anilines is 1. The third-order valence-corrected chi connectivity index (χ3v) is 8.54. The van der Waals surface area contributed by atoms with Crippen molar-refractivity contribution in [2.45, 2.75) is 30.8 Å². The van der Waals surface area contributed by atoms with Gasteiger partial charge in [-0.25, -0.2) is 12.8 Å². The predicted octanol–water partition coefficient (Wildman–Crippen LogP) is 4.72. The Morgan fingerprint density at radius 3 is 2.02 bits per heavy atom. The van der Waals surface area contributed by atoms with Crippen LogP contribution in [0.3, 0.4) is 0 Å². The number of rotatable bonds is 11. The first kappa shape index (κ1) is 29.5. The van der Waals surface area contributed by atoms with E-state index in [0.717, 1.165) is 15.4 Å². The van der Waals surface area contributed by atoms with Crippen molar-refractivity contribution in [3.8, 4) is 0 Å². The SMILES string of the molecule is CNC(=O)C(Cc1ccccc1)N(Cc1ccccc1F)C(=O)CN(c1ccccc1)S(=O)(=O)c1ccc(C)cc1. The molecule has 2 amide bonds. The topological polar surface area (TPSA) is 86.8 Å². The molecule has 0 aliphatic carbocycles. The zero-order valence-corrected chi connectivity index (χ0v) is 23.7. The average Bonchev–Trinajstić information content (AvgIpc) is 2.99. The highest BCUT2D eigenvalue weighted by Gasteiger charge is 2.34. The van der Waals surface area contributed by atoms with E-state index in [1.165, 1.54) is 42.3 Å².